The fourth-order valence-electron chi connectivity index (χ4n) is 3.85. The number of aromatic nitrogens is 4. The van der Waals surface area contributed by atoms with Gasteiger partial charge in [0.2, 0.25) is 0 Å². The number of imidazole rings is 1. The van der Waals surface area contributed by atoms with Crippen molar-refractivity contribution in [3.8, 4) is 0 Å². The molecule has 1 aliphatic rings. The summed E-state index contributed by atoms with van der Waals surface area (Å²) in [6, 6.07) is 10.2. The van der Waals surface area contributed by atoms with Gasteiger partial charge in [-0.25, -0.2) is 9.67 Å². The molecule has 0 N–H and O–H groups in total. The molecular weight excluding hydrogens is 386 g/mol. The van der Waals surface area contributed by atoms with Crippen LogP contribution in [-0.2, 0) is 24.4 Å². The SMILES string of the molecule is Clc1ccccc1CN(CCCn1ccnc1)Cc1ccnn1[C@H]1CCCCO1. The Bertz CT molecular complexity index is 873. The third-order valence-corrected chi connectivity index (χ3v) is 5.74. The van der Waals surface area contributed by atoms with E-state index in [0.717, 1.165) is 62.6 Å². The molecule has 1 aromatic carbocycles. The Balaban J connectivity index is 1.46. The molecule has 1 aliphatic heterocycles. The van der Waals surface area contributed by atoms with E-state index in [1.807, 2.05) is 43.1 Å². The number of rotatable bonds is 9. The zero-order valence-electron chi connectivity index (χ0n) is 16.7. The molecule has 0 radical (unpaired) electrons. The number of nitrogens with zero attached hydrogens (tertiary/aromatic N) is 5. The second-order valence-electron chi connectivity index (χ2n) is 7.54. The van der Waals surface area contributed by atoms with E-state index in [2.05, 4.69) is 36.4 Å². The summed E-state index contributed by atoms with van der Waals surface area (Å²) in [6.07, 6.45) is 12.0. The van der Waals surface area contributed by atoms with Crippen LogP contribution in [0.15, 0.2) is 55.2 Å². The highest BCUT2D eigenvalue weighted by molar-refractivity contribution is 6.31. The smallest absolute Gasteiger partial charge is 0.150 e. The minimum Gasteiger partial charge on any atom is -0.357 e. The van der Waals surface area contributed by atoms with Gasteiger partial charge in [-0.2, -0.15) is 5.10 Å². The van der Waals surface area contributed by atoms with Gasteiger partial charge in [0.25, 0.3) is 0 Å². The molecule has 4 rings (SSSR count). The zero-order chi connectivity index (χ0) is 19.9. The number of ether oxygens (including phenoxy) is 1. The Labute approximate surface area is 177 Å². The summed E-state index contributed by atoms with van der Waals surface area (Å²) in [4.78, 5) is 6.57. The first-order valence-electron chi connectivity index (χ1n) is 10.3. The largest absolute Gasteiger partial charge is 0.357 e. The normalized spacial score (nSPS) is 17.1. The van der Waals surface area contributed by atoms with Crippen LogP contribution in [-0.4, -0.2) is 37.4 Å². The Kier molecular flexibility index (Phi) is 6.98. The lowest BCUT2D eigenvalue weighted by Crippen LogP contribution is -2.28. The van der Waals surface area contributed by atoms with Crippen LogP contribution in [0.2, 0.25) is 5.02 Å². The van der Waals surface area contributed by atoms with E-state index in [9.17, 15) is 0 Å². The molecule has 1 fully saturated rings. The molecular formula is C22H28ClN5O. The molecule has 1 saturated heterocycles. The topological polar surface area (TPSA) is 48.1 Å². The second-order valence-corrected chi connectivity index (χ2v) is 7.95. The van der Waals surface area contributed by atoms with E-state index in [-0.39, 0.29) is 6.23 Å². The van der Waals surface area contributed by atoms with Crippen molar-refractivity contribution in [2.45, 2.75) is 51.5 Å². The van der Waals surface area contributed by atoms with Crippen LogP contribution in [0.1, 0.15) is 43.2 Å². The lowest BCUT2D eigenvalue weighted by Gasteiger charge is -2.27. The van der Waals surface area contributed by atoms with Crippen LogP contribution < -0.4 is 0 Å². The summed E-state index contributed by atoms with van der Waals surface area (Å²) < 4.78 is 10.1. The number of halogens is 1. The van der Waals surface area contributed by atoms with Crippen LogP contribution in [0, 0.1) is 0 Å². The monoisotopic (exact) mass is 413 g/mol. The van der Waals surface area contributed by atoms with Crippen LogP contribution >= 0.6 is 11.6 Å². The van der Waals surface area contributed by atoms with Gasteiger partial charge in [0.15, 0.2) is 6.23 Å². The molecule has 6 nitrogen and oxygen atoms in total. The average molecular weight is 414 g/mol. The summed E-state index contributed by atoms with van der Waals surface area (Å²) in [6.45, 7) is 4.34. The molecule has 1 atom stereocenters. The quantitative estimate of drug-likeness (QED) is 0.517. The van der Waals surface area contributed by atoms with Crippen molar-refractivity contribution in [2.75, 3.05) is 13.2 Å². The fraction of sp³-hybridized carbons (Fsp3) is 0.455. The lowest BCUT2D eigenvalue weighted by atomic mass is 10.2. The van der Waals surface area contributed by atoms with Gasteiger partial charge in [-0.15, -0.1) is 0 Å². The van der Waals surface area contributed by atoms with E-state index >= 15 is 0 Å². The van der Waals surface area contributed by atoms with Gasteiger partial charge in [0.05, 0.1) is 12.0 Å². The maximum Gasteiger partial charge on any atom is 0.150 e. The summed E-state index contributed by atoms with van der Waals surface area (Å²) in [5.74, 6) is 0. The third-order valence-electron chi connectivity index (χ3n) is 5.37. The van der Waals surface area contributed by atoms with Crippen LogP contribution in [0.25, 0.3) is 0 Å². The molecule has 29 heavy (non-hydrogen) atoms. The number of benzene rings is 1. The molecule has 0 amide bonds. The standard InChI is InChI=1S/C22H28ClN5O/c23-21-7-2-1-6-19(21)16-27(13-5-12-26-14-11-24-18-26)17-20-9-10-25-28(20)22-8-3-4-15-29-22/h1-2,6-7,9-11,14,18,22H,3-5,8,12-13,15-17H2/t22-/m1/s1. The van der Waals surface area contributed by atoms with Crippen molar-refractivity contribution >= 4 is 11.6 Å². The number of aryl methyl sites for hydroxylation is 1. The molecule has 0 spiro atoms. The first-order chi connectivity index (χ1) is 14.3. The van der Waals surface area contributed by atoms with Crippen LogP contribution in [0.3, 0.4) is 0 Å². The molecule has 7 heteroatoms. The summed E-state index contributed by atoms with van der Waals surface area (Å²) in [5, 5.41) is 5.38. The third kappa shape index (κ3) is 5.47. The van der Waals surface area contributed by atoms with Crippen molar-refractivity contribution in [3.63, 3.8) is 0 Å². The van der Waals surface area contributed by atoms with Gasteiger partial charge < -0.3 is 9.30 Å². The number of hydrogen-bond donors (Lipinski definition) is 0. The van der Waals surface area contributed by atoms with Crippen molar-refractivity contribution in [3.05, 3.63) is 71.5 Å². The highest BCUT2D eigenvalue weighted by Gasteiger charge is 2.20. The molecule has 154 valence electrons. The van der Waals surface area contributed by atoms with Crippen molar-refractivity contribution in [1.82, 2.24) is 24.2 Å². The highest BCUT2D eigenvalue weighted by Crippen LogP contribution is 2.24. The minimum atomic E-state index is 0.0573. The molecule has 0 saturated carbocycles. The summed E-state index contributed by atoms with van der Waals surface area (Å²) in [7, 11) is 0. The second kappa shape index (κ2) is 10.1. The summed E-state index contributed by atoms with van der Waals surface area (Å²) >= 11 is 6.44. The highest BCUT2D eigenvalue weighted by atomic mass is 35.5. The molecule has 0 aliphatic carbocycles. The maximum absolute atomic E-state index is 6.44. The van der Waals surface area contributed by atoms with E-state index in [0.29, 0.717) is 0 Å². The van der Waals surface area contributed by atoms with Gasteiger partial charge in [-0.1, -0.05) is 29.8 Å². The molecule has 2 aromatic heterocycles. The maximum atomic E-state index is 6.44. The predicted molar refractivity (Wildman–Crippen MR) is 113 cm³/mol. The van der Waals surface area contributed by atoms with Crippen molar-refractivity contribution < 1.29 is 4.74 Å². The van der Waals surface area contributed by atoms with E-state index in [1.54, 1.807) is 0 Å². The Morgan fingerprint density at radius 3 is 2.86 bits per heavy atom. The first-order valence-corrected chi connectivity index (χ1v) is 10.7. The van der Waals surface area contributed by atoms with Gasteiger partial charge in [-0.3, -0.25) is 4.90 Å². The summed E-state index contributed by atoms with van der Waals surface area (Å²) in [5.41, 5.74) is 2.34. The molecule has 0 unspecified atom stereocenters. The molecule has 0 bridgehead atoms. The van der Waals surface area contributed by atoms with Crippen LogP contribution in [0.5, 0.6) is 0 Å². The predicted octanol–water partition coefficient (Wildman–Crippen LogP) is 4.52. The van der Waals surface area contributed by atoms with Crippen molar-refractivity contribution in [2.24, 2.45) is 0 Å². The number of hydrogen-bond acceptors (Lipinski definition) is 4. The van der Waals surface area contributed by atoms with Gasteiger partial charge in [0, 0.05) is 56.4 Å². The van der Waals surface area contributed by atoms with E-state index in [1.165, 1.54) is 12.1 Å². The molecule has 3 heterocycles. The van der Waals surface area contributed by atoms with E-state index < -0.39 is 0 Å². The Morgan fingerprint density at radius 2 is 2.07 bits per heavy atom. The zero-order valence-corrected chi connectivity index (χ0v) is 17.4. The Morgan fingerprint density at radius 1 is 1.14 bits per heavy atom. The molecule has 3 aromatic rings. The van der Waals surface area contributed by atoms with Gasteiger partial charge in [0.1, 0.15) is 0 Å². The van der Waals surface area contributed by atoms with E-state index in [4.69, 9.17) is 16.3 Å². The van der Waals surface area contributed by atoms with Crippen molar-refractivity contribution in [1.29, 1.82) is 0 Å². The first kappa shape index (κ1) is 20.1. The minimum absolute atomic E-state index is 0.0573. The fourth-order valence-corrected chi connectivity index (χ4v) is 4.04. The van der Waals surface area contributed by atoms with Crippen LogP contribution in [0.4, 0.5) is 0 Å². The Hall–Kier alpha value is -2.15. The van der Waals surface area contributed by atoms with Gasteiger partial charge in [-0.05, 0) is 43.4 Å². The van der Waals surface area contributed by atoms with Gasteiger partial charge >= 0.3 is 0 Å². The lowest BCUT2D eigenvalue weighted by molar-refractivity contribution is -0.0421. The average Bonchev–Trinajstić information content (AvgIpc) is 3.42.